The van der Waals surface area contributed by atoms with E-state index in [4.69, 9.17) is 0 Å². The Kier molecular flexibility index (Phi) is 6.45. The van der Waals surface area contributed by atoms with Gasteiger partial charge in [-0.15, -0.1) is 11.8 Å². The van der Waals surface area contributed by atoms with Gasteiger partial charge in [-0.1, -0.05) is 44.2 Å². The lowest BCUT2D eigenvalue weighted by atomic mass is 9.91. The van der Waals surface area contributed by atoms with Gasteiger partial charge in [0.25, 0.3) is 0 Å². The summed E-state index contributed by atoms with van der Waals surface area (Å²) in [6.45, 7) is 6.34. The van der Waals surface area contributed by atoms with Gasteiger partial charge in [-0.05, 0) is 65.4 Å². The van der Waals surface area contributed by atoms with Crippen molar-refractivity contribution in [3.8, 4) is 11.1 Å². The fourth-order valence-corrected chi connectivity index (χ4v) is 5.36. The van der Waals surface area contributed by atoms with Crippen molar-refractivity contribution in [3.63, 3.8) is 0 Å². The van der Waals surface area contributed by atoms with E-state index in [9.17, 15) is 9.50 Å². The molecule has 0 saturated carbocycles. The Balaban J connectivity index is 1.53. The zero-order chi connectivity index (χ0) is 21.1. The van der Waals surface area contributed by atoms with Gasteiger partial charge in [-0.25, -0.2) is 4.39 Å². The predicted octanol–water partition coefficient (Wildman–Crippen LogP) is 6.48. The Labute approximate surface area is 182 Å². The number of benzene rings is 3. The fourth-order valence-electron chi connectivity index (χ4n) is 4.20. The van der Waals surface area contributed by atoms with E-state index >= 15 is 0 Å². The van der Waals surface area contributed by atoms with Gasteiger partial charge < -0.3 is 10.0 Å². The molecule has 3 aromatic carbocycles. The van der Waals surface area contributed by atoms with Gasteiger partial charge in [0.15, 0.2) is 0 Å². The SMILES string of the molecule is CC(C)c1ccccc1-c1ccc(N2CC[C@H](Sc3ccc(F)cc3)C2)c(CO)c1. The summed E-state index contributed by atoms with van der Waals surface area (Å²) >= 11 is 1.81. The van der Waals surface area contributed by atoms with Crippen LogP contribution in [0, 0.1) is 5.82 Å². The smallest absolute Gasteiger partial charge is 0.123 e. The Bertz CT molecular complexity index is 1000. The standard InChI is InChI=1S/C26H28FNOS/c1-18(2)24-5-3-4-6-25(24)19-7-12-26(20(15-19)17-29)28-14-13-23(16-28)30-22-10-8-21(27)9-11-22/h3-12,15,18,23,29H,13-14,16-17H2,1-2H3/t23-/m0/s1. The van der Waals surface area contributed by atoms with Crippen molar-refractivity contribution in [3.05, 3.63) is 83.7 Å². The maximum Gasteiger partial charge on any atom is 0.123 e. The highest BCUT2D eigenvalue weighted by Crippen LogP contribution is 2.36. The second kappa shape index (κ2) is 9.23. The molecular formula is C26H28FNOS. The predicted molar refractivity (Wildman–Crippen MR) is 125 cm³/mol. The number of aliphatic hydroxyl groups is 1. The third-order valence-electron chi connectivity index (χ3n) is 5.75. The first-order chi connectivity index (χ1) is 14.5. The lowest BCUT2D eigenvalue weighted by Crippen LogP contribution is -2.21. The topological polar surface area (TPSA) is 23.5 Å². The highest BCUT2D eigenvalue weighted by molar-refractivity contribution is 8.00. The highest BCUT2D eigenvalue weighted by atomic mass is 32.2. The van der Waals surface area contributed by atoms with Crippen LogP contribution in [0.4, 0.5) is 10.1 Å². The molecular weight excluding hydrogens is 393 g/mol. The summed E-state index contributed by atoms with van der Waals surface area (Å²) in [5.74, 6) is 0.250. The second-order valence-electron chi connectivity index (χ2n) is 8.17. The Morgan fingerprint density at radius 3 is 2.57 bits per heavy atom. The number of rotatable bonds is 6. The lowest BCUT2D eigenvalue weighted by molar-refractivity contribution is 0.282. The average Bonchev–Trinajstić information content (AvgIpc) is 3.23. The number of halogens is 1. The van der Waals surface area contributed by atoms with Crippen LogP contribution in [0.3, 0.4) is 0 Å². The first-order valence-corrected chi connectivity index (χ1v) is 11.4. The zero-order valence-corrected chi connectivity index (χ0v) is 18.3. The maximum absolute atomic E-state index is 13.2. The molecule has 0 radical (unpaired) electrons. The van der Waals surface area contributed by atoms with E-state index in [-0.39, 0.29) is 12.4 Å². The first kappa shape index (κ1) is 21.0. The van der Waals surface area contributed by atoms with Crippen LogP contribution in [0.25, 0.3) is 11.1 Å². The van der Waals surface area contributed by atoms with Gasteiger partial charge >= 0.3 is 0 Å². The summed E-state index contributed by atoms with van der Waals surface area (Å²) in [6.07, 6.45) is 1.07. The van der Waals surface area contributed by atoms with E-state index in [1.807, 2.05) is 12.1 Å². The second-order valence-corrected chi connectivity index (χ2v) is 9.55. The number of anilines is 1. The third-order valence-corrected chi connectivity index (χ3v) is 7.01. The summed E-state index contributed by atoms with van der Waals surface area (Å²) in [5.41, 5.74) is 5.80. The highest BCUT2D eigenvalue weighted by Gasteiger charge is 2.25. The van der Waals surface area contributed by atoms with Crippen LogP contribution in [-0.2, 0) is 6.61 Å². The van der Waals surface area contributed by atoms with Gasteiger partial charge in [-0.3, -0.25) is 0 Å². The van der Waals surface area contributed by atoms with Crippen LogP contribution in [0.1, 0.15) is 37.3 Å². The van der Waals surface area contributed by atoms with E-state index < -0.39 is 0 Å². The summed E-state index contributed by atoms with van der Waals surface area (Å²) in [4.78, 5) is 3.47. The third kappa shape index (κ3) is 4.55. The normalized spacial score (nSPS) is 16.4. The molecule has 4 heteroatoms. The molecule has 3 aromatic rings. The van der Waals surface area contributed by atoms with E-state index in [0.717, 1.165) is 41.2 Å². The number of aliphatic hydroxyl groups excluding tert-OH is 1. The van der Waals surface area contributed by atoms with Crippen molar-refractivity contribution in [2.75, 3.05) is 18.0 Å². The van der Waals surface area contributed by atoms with Crippen LogP contribution in [-0.4, -0.2) is 23.4 Å². The molecule has 4 rings (SSSR count). The lowest BCUT2D eigenvalue weighted by Gasteiger charge is -2.23. The molecule has 0 bridgehead atoms. The van der Waals surface area contributed by atoms with Crippen LogP contribution >= 0.6 is 11.8 Å². The minimum Gasteiger partial charge on any atom is -0.392 e. The first-order valence-electron chi connectivity index (χ1n) is 10.6. The monoisotopic (exact) mass is 421 g/mol. The molecule has 0 spiro atoms. The number of thioether (sulfide) groups is 1. The molecule has 2 nitrogen and oxygen atoms in total. The summed E-state index contributed by atoms with van der Waals surface area (Å²) in [5, 5.41) is 10.5. The van der Waals surface area contributed by atoms with Crippen molar-refractivity contribution in [2.45, 2.75) is 42.9 Å². The molecule has 1 aliphatic heterocycles. The van der Waals surface area contributed by atoms with Crippen molar-refractivity contribution in [1.82, 2.24) is 0 Å². The molecule has 1 N–H and O–H groups in total. The number of hydrogen-bond acceptors (Lipinski definition) is 3. The van der Waals surface area contributed by atoms with Crippen LogP contribution < -0.4 is 4.90 Å². The van der Waals surface area contributed by atoms with Crippen LogP contribution in [0.5, 0.6) is 0 Å². The molecule has 0 aliphatic carbocycles. The van der Waals surface area contributed by atoms with Crippen LogP contribution in [0.2, 0.25) is 0 Å². The van der Waals surface area contributed by atoms with E-state index in [1.165, 1.54) is 23.3 Å². The van der Waals surface area contributed by atoms with E-state index in [0.29, 0.717) is 11.2 Å². The zero-order valence-electron chi connectivity index (χ0n) is 17.5. The Morgan fingerprint density at radius 1 is 1.07 bits per heavy atom. The molecule has 0 unspecified atom stereocenters. The van der Waals surface area contributed by atoms with E-state index in [2.05, 4.69) is 61.2 Å². The van der Waals surface area contributed by atoms with Gasteiger partial charge in [0.2, 0.25) is 0 Å². The Hall–Kier alpha value is -2.30. The van der Waals surface area contributed by atoms with Gasteiger partial charge in [0, 0.05) is 34.5 Å². The number of nitrogens with zero attached hydrogens (tertiary/aromatic N) is 1. The molecule has 156 valence electrons. The summed E-state index contributed by atoms with van der Waals surface area (Å²) < 4.78 is 13.2. The molecule has 1 heterocycles. The van der Waals surface area contributed by atoms with Crippen molar-refractivity contribution in [1.29, 1.82) is 0 Å². The summed E-state index contributed by atoms with van der Waals surface area (Å²) in [6, 6.07) is 21.7. The summed E-state index contributed by atoms with van der Waals surface area (Å²) in [7, 11) is 0. The molecule has 0 amide bonds. The molecule has 1 aliphatic rings. The van der Waals surface area contributed by atoms with Gasteiger partial charge in [0.05, 0.1) is 6.61 Å². The van der Waals surface area contributed by atoms with Crippen molar-refractivity contribution in [2.24, 2.45) is 0 Å². The minimum absolute atomic E-state index is 0.0271. The van der Waals surface area contributed by atoms with Crippen molar-refractivity contribution >= 4 is 17.4 Å². The molecule has 1 atom stereocenters. The molecule has 1 saturated heterocycles. The van der Waals surface area contributed by atoms with Crippen LogP contribution in [0.15, 0.2) is 71.6 Å². The van der Waals surface area contributed by atoms with E-state index in [1.54, 1.807) is 11.8 Å². The average molecular weight is 422 g/mol. The Morgan fingerprint density at radius 2 is 1.83 bits per heavy atom. The molecule has 0 aromatic heterocycles. The van der Waals surface area contributed by atoms with Gasteiger partial charge in [-0.2, -0.15) is 0 Å². The fraction of sp³-hybridized carbons (Fsp3) is 0.308. The maximum atomic E-state index is 13.2. The number of hydrogen-bond donors (Lipinski definition) is 1. The van der Waals surface area contributed by atoms with Gasteiger partial charge in [0.1, 0.15) is 5.82 Å². The van der Waals surface area contributed by atoms with Crippen molar-refractivity contribution < 1.29 is 9.50 Å². The quantitative estimate of drug-likeness (QED) is 0.493. The molecule has 1 fully saturated rings. The molecule has 30 heavy (non-hydrogen) atoms. The largest absolute Gasteiger partial charge is 0.392 e. The minimum atomic E-state index is -0.195.